The Labute approximate surface area is 173 Å². The lowest BCUT2D eigenvalue weighted by molar-refractivity contribution is -0.116. The standard InChI is InChI=1S/C23H21NO4S/c1-13(2)28-16-10-6-9-15(11-16)17-12-18(25)24-20-19(14-7-4-3-5-8-14)22(23(26)27)29-21(17)20/h3-11,13,17H,12H2,1-2H3,(H,24,25)(H,26,27). The van der Waals surface area contributed by atoms with Crippen LogP contribution in [-0.2, 0) is 4.79 Å². The van der Waals surface area contributed by atoms with E-state index in [1.165, 1.54) is 11.3 Å². The second-order valence-corrected chi connectivity index (χ2v) is 8.31. The molecule has 1 unspecified atom stereocenters. The predicted molar refractivity (Wildman–Crippen MR) is 114 cm³/mol. The topological polar surface area (TPSA) is 75.6 Å². The minimum Gasteiger partial charge on any atom is -0.491 e. The van der Waals surface area contributed by atoms with Gasteiger partial charge in [0.05, 0.1) is 11.8 Å². The van der Waals surface area contributed by atoms with Crippen LogP contribution in [0.1, 0.15) is 46.3 Å². The number of rotatable bonds is 5. The molecule has 148 valence electrons. The Balaban J connectivity index is 1.86. The molecule has 1 aromatic heterocycles. The Morgan fingerprint density at radius 3 is 2.62 bits per heavy atom. The molecule has 1 aliphatic heterocycles. The number of fused-ring (bicyclic) bond motifs is 1. The lowest BCUT2D eigenvalue weighted by Gasteiger charge is -2.24. The van der Waals surface area contributed by atoms with Crippen molar-refractivity contribution in [2.45, 2.75) is 32.3 Å². The zero-order chi connectivity index (χ0) is 20.5. The molecule has 3 aromatic rings. The summed E-state index contributed by atoms with van der Waals surface area (Å²) in [5, 5.41) is 12.7. The fourth-order valence-corrected chi connectivity index (χ4v) is 4.91. The number of amides is 1. The van der Waals surface area contributed by atoms with Crippen molar-refractivity contribution in [1.29, 1.82) is 0 Å². The zero-order valence-electron chi connectivity index (χ0n) is 16.1. The molecule has 5 nitrogen and oxygen atoms in total. The van der Waals surface area contributed by atoms with Crippen LogP contribution in [0, 0.1) is 0 Å². The zero-order valence-corrected chi connectivity index (χ0v) is 17.0. The van der Waals surface area contributed by atoms with Gasteiger partial charge in [-0.15, -0.1) is 11.3 Å². The molecule has 0 saturated carbocycles. The number of benzene rings is 2. The summed E-state index contributed by atoms with van der Waals surface area (Å²) < 4.78 is 5.81. The summed E-state index contributed by atoms with van der Waals surface area (Å²) in [4.78, 5) is 25.6. The van der Waals surface area contributed by atoms with Gasteiger partial charge in [0.25, 0.3) is 0 Å². The van der Waals surface area contributed by atoms with Crippen molar-refractivity contribution in [3.05, 3.63) is 69.9 Å². The van der Waals surface area contributed by atoms with E-state index in [-0.39, 0.29) is 29.2 Å². The predicted octanol–water partition coefficient (Wildman–Crippen LogP) is 5.37. The smallest absolute Gasteiger partial charge is 0.346 e. The average Bonchev–Trinajstić information content (AvgIpc) is 3.07. The van der Waals surface area contributed by atoms with Crippen LogP contribution in [0.3, 0.4) is 0 Å². The Hall–Kier alpha value is -3.12. The molecule has 6 heteroatoms. The van der Waals surface area contributed by atoms with Crippen molar-refractivity contribution < 1.29 is 19.4 Å². The highest BCUT2D eigenvalue weighted by molar-refractivity contribution is 7.15. The van der Waals surface area contributed by atoms with Gasteiger partial charge in [0.15, 0.2) is 0 Å². The van der Waals surface area contributed by atoms with Crippen molar-refractivity contribution in [2.24, 2.45) is 0 Å². The monoisotopic (exact) mass is 407 g/mol. The third kappa shape index (κ3) is 3.76. The molecule has 1 aliphatic rings. The van der Waals surface area contributed by atoms with E-state index in [1.54, 1.807) is 0 Å². The minimum absolute atomic E-state index is 0.0421. The molecular weight excluding hydrogens is 386 g/mol. The summed E-state index contributed by atoms with van der Waals surface area (Å²) in [6, 6.07) is 17.0. The largest absolute Gasteiger partial charge is 0.491 e. The van der Waals surface area contributed by atoms with Gasteiger partial charge >= 0.3 is 5.97 Å². The lowest BCUT2D eigenvalue weighted by Crippen LogP contribution is -2.22. The maximum Gasteiger partial charge on any atom is 0.346 e. The number of ether oxygens (including phenoxy) is 1. The second-order valence-electron chi connectivity index (χ2n) is 7.26. The minimum atomic E-state index is -0.992. The first kappa shape index (κ1) is 19.2. The van der Waals surface area contributed by atoms with E-state index in [0.29, 0.717) is 11.3 Å². The Morgan fingerprint density at radius 1 is 1.17 bits per heavy atom. The molecule has 2 heterocycles. The molecule has 2 N–H and O–H groups in total. The maximum absolute atomic E-state index is 12.5. The molecule has 0 fully saturated rings. The first-order chi connectivity index (χ1) is 13.9. The summed E-state index contributed by atoms with van der Waals surface area (Å²) >= 11 is 1.23. The fraction of sp³-hybridized carbons (Fsp3) is 0.217. The van der Waals surface area contributed by atoms with Crippen molar-refractivity contribution in [3.8, 4) is 16.9 Å². The summed E-state index contributed by atoms with van der Waals surface area (Å²) in [6.45, 7) is 3.92. The number of carbonyl (C=O) groups excluding carboxylic acids is 1. The van der Waals surface area contributed by atoms with E-state index >= 15 is 0 Å². The summed E-state index contributed by atoms with van der Waals surface area (Å²) in [5.74, 6) is -0.587. The average molecular weight is 407 g/mol. The van der Waals surface area contributed by atoms with E-state index < -0.39 is 5.97 Å². The van der Waals surface area contributed by atoms with E-state index in [0.717, 1.165) is 21.8 Å². The molecule has 29 heavy (non-hydrogen) atoms. The third-order valence-corrected chi connectivity index (χ3v) is 6.09. The number of hydrogen-bond donors (Lipinski definition) is 2. The van der Waals surface area contributed by atoms with E-state index in [4.69, 9.17) is 4.74 Å². The van der Waals surface area contributed by atoms with Gasteiger partial charge in [-0.05, 0) is 37.1 Å². The number of carboxylic acids is 1. The molecule has 0 spiro atoms. The molecule has 4 rings (SSSR count). The fourth-order valence-electron chi connectivity index (χ4n) is 3.66. The van der Waals surface area contributed by atoms with Crippen LogP contribution in [0.2, 0.25) is 0 Å². The highest BCUT2D eigenvalue weighted by Crippen LogP contribution is 2.49. The first-order valence-corrected chi connectivity index (χ1v) is 10.3. The first-order valence-electron chi connectivity index (χ1n) is 9.46. The molecule has 1 atom stereocenters. The van der Waals surface area contributed by atoms with Gasteiger partial charge in [-0.1, -0.05) is 42.5 Å². The summed E-state index contributed by atoms with van der Waals surface area (Å²) in [5.41, 5.74) is 2.90. The number of aromatic carboxylic acids is 1. The molecule has 0 saturated heterocycles. The number of nitrogens with one attached hydrogen (secondary N) is 1. The van der Waals surface area contributed by atoms with Gasteiger partial charge < -0.3 is 15.2 Å². The number of carbonyl (C=O) groups is 2. The Bertz CT molecular complexity index is 1070. The van der Waals surface area contributed by atoms with Crippen LogP contribution >= 0.6 is 11.3 Å². The van der Waals surface area contributed by atoms with Crippen molar-refractivity contribution in [3.63, 3.8) is 0 Å². The number of anilines is 1. The lowest BCUT2D eigenvalue weighted by atomic mass is 9.88. The van der Waals surface area contributed by atoms with Crippen molar-refractivity contribution in [1.82, 2.24) is 0 Å². The van der Waals surface area contributed by atoms with Gasteiger partial charge in [0.2, 0.25) is 5.91 Å². The van der Waals surface area contributed by atoms with Crippen LogP contribution in [0.5, 0.6) is 5.75 Å². The van der Waals surface area contributed by atoms with E-state index in [2.05, 4.69) is 5.32 Å². The van der Waals surface area contributed by atoms with Crippen LogP contribution < -0.4 is 10.1 Å². The van der Waals surface area contributed by atoms with Gasteiger partial charge in [-0.3, -0.25) is 4.79 Å². The van der Waals surface area contributed by atoms with Gasteiger partial charge in [-0.25, -0.2) is 4.79 Å². The Kier molecular flexibility index (Phi) is 5.11. The van der Waals surface area contributed by atoms with Gasteiger partial charge in [0, 0.05) is 22.8 Å². The highest BCUT2D eigenvalue weighted by Gasteiger charge is 2.34. The summed E-state index contributed by atoms with van der Waals surface area (Å²) in [6.07, 6.45) is 0.312. The van der Waals surface area contributed by atoms with Gasteiger partial charge in [-0.2, -0.15) is 0 Å². The molecule has 0 aliphatic carbocycles. The van der Waals surface area contributed by atoms with Crippen LogP contribution in [0.4, 0.5) is 5.69 Å². The number of thiophene rings is 1. The van der Waals surface area contributed by atoms with Crippen LogP contribution in [0.15, 0.2) is 54.6 Å². The number of carboxylic acid groups (broad SMARTS) is 1. The van der Waals surface area contributed by atoms with E-state index in [9.17, 15) is 14.7 Å². The van der Waals surface area contributed by atoms with Crippen LogP contribution in [-0.4, -0.2) is 23.1 Å². The SMILES string of the molecule is CC(C)Oc1cccc(C2CC(=O)Nc3c2sc(C(=O)O)c3-c2ccccc2)c1. The van der Waals surface area contributed by atoms with E-state index in [1.807, 2.05) is 68.4 Å². The van der Waals surface area contributed by atoms with Crippen LogP contribution in [0.25, 0.3) is 11.1 Å². The molecule has 2 aromatic carbocycles. The van der Waals surface area contributed by atoms with Crippen molar-refractivity contribution >= 4 is 28.9 Å². The summed E-state index contributed by atoms with van der Waals surface area (Å²) in [7, 11) is 0. The molecule has 1 amide bonds. The molecular formula is C23H21NO4S. The highest BCUT2D eigenvalue weighted by atomic mass is 32.1. The van der Waals surface area contributed by atoms with Crippen molar-refractivity contribution in [2.75, 3.05) is 5.32 Å². The molecule has 0 bridgehead atoms. The normalized spacial score (nSPS) is 15.7. The Morgan fingerprint density at radius 2 is 1.93 bits per heavy atom. The quantitative estimate of drug-likeness (QED) is 0.596. The molecule has 0 radical (unpaired) electrons. The second kappa shape index (κ2) is 7.72. The third-order valence-electron chi connectivity index (χ3n) is 4.79. The number of hydrogen-bond acceptors (Lipinski definition) is 4. The van der Waals surface area contributed by atoms with Gasteiger partial charge in [0.1, 0.15) is 10.6 Å². The maximum atomic E-state index is 12.5.